The van der Waals surface area contributed by atoms with Crippen molar-refractivity contribution in [3.05, 3.63) is 53.6 Å². The van der Waals surface area contributed by atoms with Crippen LogP contribution in [0.15, 0.2) is 36.5 Å². The summed E-state index contributed by atoms with van der Waals surface area (Å²) in [6.45, 7) is 0. The van der Waals surface area contributed by atoms with Gasteiger partial charge in [0.05, 0.1) is 18.1 Å². The summed E-state index contributed by atoms with van der Waals surface area (Å²) in [5.74, 6) is -1.59. The molecule has 4 nitrogen and oxygen atoms in total. The lowest BCUT2D eigenvalue weighted by Crippen LogP contribution is -2.00. The number of halogens is 1. The van der Waals surface area contributed by atoms with Crippen molar-refractivity contribution >= 4 is 5.97 Å². The number of rotatable bonds is 3. The van der Waals surface area contributed by atoms with Gasteiger partial charge in [0.1, 0.15) is 0 Å². The summed E-state index contributed by atoms with van der Waals surface area (Å²) < 4.78 is 13.1. The van der Waals surface area contributed by atoms with Crippen molar-refractivity contribution < 1.29 is 14.3 Å². The topological polar surface area (TPSA) is 74.0 Å². The van der Waals surface area contributed by atoms with Crippen molar-refractivity contribution in [1.82, 2.24) is 4.98 Å². The molecule has 0 saturated carbocycles. The first-order chi connectivity index (χ1) is 9.10. The maximum absolute atomic E-state index is 13.1. The number of carboxylic acids is 1. The lowest BCUT2D eigenvalue weighted by molar-refractivity contribution is -0.136. The zero-order valence-corrected chi connectivity index (χ0v) is 9.80. The molecule has 5 heteroatoms. The van der Waals surface area contributed by atoms with Gasteiger partial charge in [-0.25, -0.2) is 4.98 Å². The molecule has 1 aromatic heterocycles. The van der Waals surface area contributed by atoms with Gasteiger partial charge in [0.15, 0.2) is 0 Å². The third-order valence-electron chi connectivity index (χ3n) is 2.60. The standard InChI is InChI=1S/C14H9FN2O2/c15-13-7-10(3-4-17-13)12-2-1-9(6-14(18)19)5-11(12)8-16/h1-5,7H,6H2,(H,18,19). The van der Waals surface area contributed by atoms with Crippen LogP contribution in [0.2, 0.25) is 0 Å². The fourth-order valence-electron chi connectivity index (χ4n) is 1.79. The van der Waals surface area contributed by atoms with Crippen LogP contribution >= 0.6 is 0 Å². The molecule has 0 fully saturated rings. The minimum absolute atomic E-state index is 0.153. The van der Waals surface area contributed by atoms with Crippen LogP contribution < -0.4 is 0 Å². The molecule has 0 aliphatic rings. The first kappa shape index (κ1) is 12.7. The Morgan fingerprint density at radius 2 is 2.16 bits per heavy atom. The highest BCUT2D eigenvalue weighted by Gasteiger charge is 2.09. The quantitative estimate of drug-likeness (QED) is 0.855. The smallest absolute Gasteiger partial charge is 0.307 e. The lowest BCUT2D eigenvalue weighted by atomic mass is 9.98. The van der Waals surface area contributed by atoms with Gasteiger partial charge in [-0.15, -0.1) is 0 Å². The zero-order chi connectivity index (χ0) is 13.8. The van der Waals surface area contributed by atoms with Gasteiger partial charge in [-0.3, -0.25) is 4.79 Å². The SMILES string of the molecule is N#Cc1cc(CC(=O)O)ccc1-c1ccnc(F)c1. The van der Waals surface area contributed by atoms with Gasteiger partial charge < -0.3 is 5.11 Å². The molecule has 0 bridgehead atoms. The predicted molar refractivity (Wildman–Crippen MR) is 65.7 cm³/mol. The molecule has 1 heterocycles. The van der Waals surface area contributed by atoms with E-state index in [2.05, 4.69) is 4.98 Å². The maximum Gasteiger partial charge on any atom is 0.307 e. The normalized spacial score (nSPS) is 9.89. The average Bonchev–Trinajstić information content (AvgIpc) is 2.37. The van der Waals surface area contributed by atoms with E-state index in [9.17, 15) is 9.18 Å². The van der Waals surface area contributed by atoms with Gasteiger partial charge in [0.25, 0.3) is 0 Å². The number of nitrogens with zero attached hydrogens (tertiary/aromatic N) is 2. The van der Waals surface area contributed by atoms with E-state index in [-0.39, 0.29) is 6.42 Å². The Labute approximate surface area is 108 Å². The maximum atomic E-state index is 13.1. The van der Waals surface area contributed by atoms with Gasteiger partial charge in [0.2, 0.25) is 5.95 Å². The number of nitriles is 1. The summed E-state index contributed by atoms with van der Waals surface area (Å²) in [6.07, 6.45) is 1.16. The molecule has 0 aliphatic heterocycles. The molecule has 1 N–H and O–H groups in total. The monoisotopic (exact) mass is 256 g/mol. The molecular formula is C14H9FN2O2. The largest absolute Gasteiger partial charge is 0.481 e. The molecule has 2 aromatic rings. The van der Waals surface area contributed by atoms with E-state index in [1.54, 1.807) is 18.2 Å². The van der Waals surface area contributed by atoms with Gasteiger partial charge in [-0.05, 0) is 28.8 Å². The number of aromatic nitrogens is 1. The van der Waals surface area contributed by atoms with Gasteiger partial charge >= 0.3 is 5.97 Å². The Morgan fingerprint density at radius 1 is 1.37 bits per heavy atom. The van der Waals surface area contributed by atoms with Crippen LogP contribution in [0.1, 0.15) is 11.1 Å². The molecule has 0 spiro atoms. The van der Waals surface area contributed by atoms with Crippen LogP contribution in [-0.4, -0.2) is 16.1 Å². The molecule has 0 saturated heterocycles. The number of hydrogen-bond acceptors (Lipinski definition) is 3. The molecule has 94 valence electrons. The Hall–Kier alpha value is -2.74. The lowest BCUT2D eigenvalue weighted by Gasteiger charge is -2.06. The minimum atomic E-state index is -0.966. The molecule has 0 atom stereocenters. The van der Waals surface area contributed by atoms with E-state index in [1.165, 1.54) is 18.3 Å². The van der Waals surface area contributed by atoms with Gasteiger partial charge in [-0.2, -0.15) is 9.65 Å². The number of carboxylic acid groups (broad SMARTS) is 1. The zero-order valence-electron chi connectivity index (χ0n) is 9.80. The summed E-state index contributed by atoms with van der Waals surface area (Å²) >= 11 is 0. The van der Waals surface area contributed by atoms with Crippen molar-refractivity contribution in [2.24, 2.45) is 0 Å². The van der Waals surface area contributed by atoms with Crippen LogP contribution in [0.5, 0.6) is 0 Å². The van der Waals surface area contributed by atoms with E-state index in [0.717, 1.165) is 0 Å². The molecule has 1 aromatic carbocycles. The van der Waals surface area contributed by atoms with Crippen molar-refractivity contribution in [2.45, 2.75) is 6.42 Å². The first-order valence-corrected chi connectivity index (χ1v) is 5.47. The molecule has 19 heavy (non-hydrogen) atoms. The average molecular weight is 256 g/mol. The minimum Gasteiger partial charge on any atom is -0.481 e. The highest BCUT2D eigenvalue weighted by Crippen LogP contribution is 2.24. The summed E-state index contributed by atoms with van der Waals surface area (Å²) in [7, 11) is 0. The summed E-state index contributed by atoms with van der Waals surface area (Å²) in [4.78, 5) is 14.1. The van der Waals surface area contributed by atoms with Crippen LogP contribution in [0.3, 0.4) is 0 Å². The van der Waals surface area contributed by atoms with Crippen LogP contribution in [0.25, 0.3) is 11.1 Å². The molecule has 2 rings (SSSR count). The van der Waals surface area contributed by atoms with Crippen LogP contribution in [-0.2, 0) is 11.2 Å². The second kappa shape index (κ2) is 5.27. The fraction of sp³-hybridized carbons (Fsp3) is 0.0714. The molecule has 0 radical (unpaired) electrons. The second-order valence-corrected chi connectivity index (χ2v) is 3.93. The summed E-state index contributed by atoms with van der Waals surface area (Å²) in [6, 6.07) is 9.55. The van der Waals surface area contributed by atoms with Gasteiger partial charge in [-0.1, -0.05) is 12.1 Å². The van der Waals surface area contributed by atoms with Crippen molar-refractivity contribution in [3.8, 4) is 17.2 Å². The van der Waals surface area contributed by atoms with Gasteiger partial charge in [0, 0.05) is 12.3 Å². The fourth-order valence-corrected chi connectivity index (χ4v) is 1.79. The number of benzene rings is 1. The Bertz CT molecular complexity index is 677. The molecular weight excluding hydrogens is 247 g/mol. The van der Waals surface area contributed by atoms with E-state index in [4.69, 9.17) is 10.4 Å². The summed E-state index contributed by atoms with van der Waals surface area (Å²) in [5, 5.41) is 17.8. The third kappa shape index (κ3) is 2.93. The molecule has 0 unspecified atom stereocenters. The second-order valence-electron chi connectivity index (χ2n) is 3.93. The van der Waals surface area contributed by atoms with Crippen molar-refractivity contribution in [2.75, 3.05) is 0 Å². The Kier molecular flexibility index (Phi) is 3.53. The number of hydrogen-bond donors (Lipinski definition) is 1. The highest BCUT2D eigenvalue weighted by molar-refractivity contribution is 5.74. The first-order valence-electron chi connectivity index (χ1n) is 5.47. The molecule has 0 amide bonds. The highest BCUT2D eigenvalue weighted by atomic mass is 19.1. The van der Waals surface area contributed by atoms with E-state index < -0.39 is 11.9 Å². The van der Waals surface area contributed by atoms with E-state index >= 15 is 0 Å². The van der Waals surface area contributed by atoms with E-state index in [0.29, 0.717) is 22.3 Å². The van der Waals surface area contributed by atoms with Crippen molar-refractivity contribution in [3.63, 3.8) is 0 Å². The third-order valence-corrected chi connectivity index (χ3v) is 2.60. The van der Waals surface area contributed by atoms with Crippen LogP contribution in [0.4, 0.5) is 4.39 Å². The Morgan fingerprint density at radius 3 is 2.79 bits per heavy atom. The number of carbonyl (C=O) groups is 1. The number of pyridine rings is 1. The predicted octanol–water partition coefficient (Wildman–Crippen LogP) is 2.39. The number of aliphatic carboxylic acids is 1. The Balaban J connectivity index is 2.47. The van der Waals surface area contributed by atoms with Crippen LogP contribution in [0, 0.1) is 17.3 Å². The summed E-state index contributed by atoms with van der Waals surface area (Å²) in [5.41, 5.74) is 1.93. The van der Waals surface area contributed by atoms with Crippen molar-refractivity contribution in [1.29, 1.82) is 5.26 Å². The molecule has 0 aliphatic carbocycles. The van der Waals surface area contributed by atoms with E-state index in [1.807, 2.05) is 6.07 Å².